The van der Waals surface area contributed by atoms with Crippen molar-refractivity contribution in [2.45, 2.75) is 39.3 Å². The zero-order chi connectivity index (χ0) is 20.4. The SMILES string of the molecule is CC(C)(C)c1ccc(Cn2c(C(=O)NCc3ccccc3)cc3occc32)cc1. The van der Waals surface area contributed by atoms with E-state index >= 15 is 0 Å². The Kier molecular flexibility index (Phi) is 5.01. The molecule has 0 bridgehead atoms. The van der Waals surface area contributed by atoms with Gasteiger partial charge in [-0.05, 0) is 22.1 Å². The van der Waals surface area contributed by atoms with Crippen molar-refractivity contribution in [3.63, 3.8) is 0 Å². The maximum atomic E-state index is 12.9. The van der Waals surface area contributed by atoms with Crippen LogP contribution in [0.1, 0.15) is 48.0 Å². The van der Waals surface area contributed by atoms with Crippen LogP contribution < -0.4 is 5.32 Å². The zero-order valence-corrected chi connectivity index (χ0v) is 17.1. The molecule has 0 radical (unpaired) electrons. The fourth-order valence-corrected chi connectivity index (χ4v) is 3.50. The van der Waals surface area contributed by atoms with Gasteiger partial charge in [0.2, 0.25) is 0 Å². The van der Waals surface area contributed by atoms with E-state index in [1.54, 1.807) is 6.26 Å². The van der Waals surface area contributed by atoms with Crippen molar-refractivity contribution in [3.05, 3.63) is 95.4 Å². The second-order valence-corrected chi connectivity index (χ2v) is 8.40. The maximum absolute atomic E-state index is 12.9. The Balaban J connectivity index is 1.58. The highest BCUT2D eigenvalue weighted by molar-refractivity contribution is 5.97. The minimum Gasteiger partial charge on any atom is -0.463 e. The Bertz CT molecular complexity index is 1110. The molecule has 0 saturated carbocycles. The number of carbonyl (C=O) groups is 1. The highest BCUT2D eigenvalue weighted by Gasteiger charge is 2.18. The summed E-state index contributed by atoms with van der Waals surface area (Å²) in [6, 6.07) is 22.3. The quantitative estimate of drug-likeness (QED) is 0.492. The molecular weight excluding hydrogens is 360 g/mol. The molecule has 0 aliphatic rings. The van der Waals surface area contributed by atoms with Crippen LogP contribution in [-0.2, 0) is 18.5 Å². The Morgan fingerprint density at radius 3 is 2.38 bits per heavy atom. The van der Waals surface area contributed by atoms with Crippen molar-refractivity contribution in [1.29, 1.82) is 0 Å². The van der Waals surface area contributed by atoms with Gasteiger partial charge in [0.05, 0.1) is 11.8 Å². The number of fused-ring (bicyclic) bond motifs is 1. The fraction of sp³-hybridized carbons (Fsp3) is 0.240. The number of carbonyl (C=O) groups excluding carboxylic acids is 1. The predicted molar refractivity (Wildman–Crippen MR) is 116 cm³/mol. The van der Waals surface area contributed by atoms with Crippen molar-refractivity contribution >= 4 is 17.0 Å². The average Bonchev–Trinajstić information content (AvgIpc) is 3.29. The summed E-state index contributed by atoms with van der Waals surface area (Å²) >= 11 is 0. The molecule has 2 aromatic carbocycles. The molecule has 4 aromatic rings. The largest absolute Gasteiger partial charge is 0.463 e. The summed E-state index contributed by atoms with van der Waals surface area (Å²) in [5, 5.41) is 3.02. The molecule has 1 N–H and O–H groups in total. The van der Waals surface area contributed by atoms with Crippen LogP contribution in [0.4, 0.5) is 0 Å². The van der Waals surface area contributed by atoms with E-state index < -0.39 is 0 Å². The van der Waals surface area contributed by atoms with Crippen molar-refractivity contribution in [3.8, 4) is 0 Å². The van der Waals surface area contributed by atoms with Crippen LogP contribution in [0.2, 0.25) is 0 Å². The summed E-state index contributed by atoms with van der Waals surface area (Å²) in [6.45, 7) is 7.72. The second-order valence-electron chi connectivity index (χ2n) is 8.40. The summed E-state index contributed by atoms with van der Waals surface area (Å²) in [6.07, 6.45) is 1.66. The van der Waals surface area contributed by atoms with E-state index in [0.29, 0.717) is 18.8 Å². The lowest BCUT2D eigenvalue weighted by molar-refractivity contribution is 0.0942. The Morgan fingerprint density at radius 1 is 0.966 bits per heavy atom. The molecular formula is C25H26N2O2. The molecule has 2 aromatic heterocycles. The molecule has 2 heterocycles. The Morgan fingerprint density at radius 2 is 1.69 bits per heavy atom. The van der Waals surface area contributed by atoms with Gasteiger partial charge in [0.25, 0.3) is 5.91 Å². The summed E-state index contributed by atoms with van der Waals surface area (Å²) in [4.78, 5) is 12.9. The van der Waals surface area contributed by atoms with Crippen LogP contribution >= 0.6 is 0 Å². The van der Waals surface area contributed by atoms with Crippen molar-refractivity contribution in [2.75, 3.05) is 0 Å². The van der Waals surface area contributed by atoms with E-state index in [1.165, 1.54) is 5.56 Å². The molecule has 0 atom stereocenters. The number of furan rings is 1. The molecule has 4 nitrogen and oxygen atoms in total. The third kappa shape index (κ3) is 4.11. The molecule has 0 aliphatic heterocycles. The van der Waals surface area contributed by atoms with Crippen molar-refractivity contribution in [1.82, 2.24) is 9.88 Å². The van der Waals surface area contributed by atoms with E-state index in [1.807, 2.05) is 47.0 Å². The highest BCUT2D eigenvalue weighted by Crippen LogP contribution is 2.25. The normalized spacial score (nSPS) is 11.7. The number of aromatic nitrogens is 1. The zero-order valence-electron chi connectivity index (χ0n) is 17.1. The molecule has 0 aliphatic carbocycles. The van der Waals surface area contributed by atoms with Crippen LogP contribution in [0.15, 0.2) is 77.4 Å². The average molecular weight is 386 g/mol. The Labute approximate surface area is 171 Å². The monoisotopic (exact) mass is 386 g/mol. The van der Waals surface area contributed by atoms with Gasteiger partial charge < -0.3 is 14.3 Å². The van der Waals surface area contributed by atoms with E-state index in [-0.39, 0.29) is 11.3 Å². The van der Waals surface area contributed by atoms with Gasteiger partial charge in [0.1, 0.15) is 5.69 Å². The molecule has 0 unspecified atom stereocenters. The maximum Gasteiger partial charge on any atom is 0.268 e. The van der Waals surface area contributed by atoms with Gasteiger partial charge in [0, 0.05) is 25.2 Å². The number of hydrogen-bond acceptors (Lipinski definition) is 2. The van der Waals surface area contributed by atoms with Crippen LogP contribution in [-0.4, -0.2) is 10.5 Å². The molecule has 148 valence electrons. The van der Waals surface area contributed by atoms with Gasteiger partial charge in [-0.25, -0.2) is 0 Å². The van der Waals surface area contributed by atoms with Crippen molar-refractivity contribution < 1.29 is 9.21 Å². The lowest BCUT2D eigenvalue weighted by Crippen LogP contribution is -2.25. The summed E-state index contributed by atoms with van der Waals surface area (Å²) in [7, 11) is 0. The first kappa shape index (κ1) is 19.1. The van der Waals surface area contributed by atoms with Gasteiger partial charge in [-0.2, -0.15) is 0 Å². The highest BCUT2D eigenvalue weighted by atomic mass is 16.3. The van der Waals surface area contributed by atoms with Gasteiger partial charge in [-0.15, -0.1) is 0 Å². The van der Waals surface area contributed by atoms with Gasteiger partial charge in [-0.3, -0.25) is 4.79 Å². The Hall–Kier alpha value is -3.27. The second kappa shape index (κ2) is 7.63. The molecule has 0 fully saturated rings. The van der Waals surface area contributed by atoms with Gasteiger partial charge in [-0.1, -0.05) is 75.4 Å². The van der Waals surface area contributed by atoms with E-state index in [4.69, 9.17) is 4.42 Å². The summed E-state index contributed by atoms with van der Waals surface area (Å²) in [5.41, 5.74) is 5.88. The summed E-state index contributed by atoms with van der Waals surface area (Å²) in [5.74, 6) is -0.105. The standard InChI is InChI=1S/C25H26N2O2/c1-25(2,3)20-11-9-19(10-12-20)17-27-21-13-14-29-23(21)15-22(27)24(28)26-16-18-7-5-4-6-8-18/h4-15H,16-17H2,1-3H3,(H,26,28). The lowest BCUT2D eigenvalue weighted by atomic mass is 9.87. The van der Waals surface area contributed by atoms with Gasteiger partial charge in [0.15, 0.2) is 5.58 Å². The van der Waals surface area contributed by atoms with E-state index in [9.17, 15) is 4.79 Å². The smallest absolute Gasteiger partial charge is 0.268 e. The van der Waals surface area contributed by atoms with E-state index in [2.05, 4.69) is 50.4 Å². The first-order valence-corrected chi connectivity index (χ1v) is 9.90. The predicted octanol–water partition coefficient (Wildman–Crippen LogP) is 5.51. The topological polar surface area (TPSA) is 47.2 Å². The first-order valence-electron chi connectivity index (χ1n) is 9.90. The lowest BCUT2D eigenvalue weighted by Gasteiger charge is -2.19. The number of nitrogens with one attached hydrogen (secondary N) is 1. The first-order chi connectivity index (χ1) is 13.9. The van der Waals surface area contributed by atoms with Crippen LogP contribution in [0.25, 0.3) is 11.1 Å². The van der Waals surface area contributed by atoms with Gasteiger partial charge >= 0.3 is 0 Å². The molecule has 0 saturated heterocycles. The third-order valence-electron chi connectivity index (χ3n) is 5.21. The molecule has 29 heavy (non-hydrogen) atoms. The van der Waals surface area contributed by atoms with Crippen LogP contribution in [0.3, 0.4) is 0 Å². The van der Waals surface area contributed by atoms with Crippen LogP contribution in [0, 0.1) is 0 Å². The number of rotatable bonds is 5. The number of nitrogens with zero attached hydrogens (tertiary/aromatic N) is 1. The summed E-state index contributed by atoms with van der Waals surface area (Å²) < 4.78 is 7.57. The minimum absolute atomic E-state index is 0.105. The molecule has 1 amide bonds. The number of hydrogen-bond donors (Lipinski definition) is 1. The fourth-order valence-electron chi connectivity index (χ4n) is 3.50. The molecule has 4 heteroatoms. The number of benzene rings is 2. The van der Waals surface area contributed by atoms with Crippen molar-refractivity contribution in [2.24, 2.45) is 0 Å². The molecule has 4 rings (SSSR count). The minimum atomic E-state index is -0.105. The molecule has 0 spiro atoms. The van der Waals surface area contributed by atoms with Crippen LogP contribution in [0.5, 0.6) is 0 Å². The van der Waals surface area contributed by atoms with E-state index in [0.717, 1.165) is 22.2 Å². The third-order valence-corrected chi connectivity index (χ3v) is 5.21. The number of amides is 1.